The van der Waals surface area contributed by atoms with E-state index in [1.54, 1.807) is 0 Å². The summed E-state index contributed by atoms with van der Waals surface area (Å²) in [6.07, 6.45) is 0.861. The lowest BCUT2D eigenvalue weighted by Gasteiger charge is -2.21. The molecule has 0 N–H and O–H groups in total. The third-order valence-corrected chi connectivity index (χ3v) is 6.10. The van der Waals surface area contributed by atoms with Crippen LogP contribution in [-0.2, 0) is 0 Å². The molecule has 1 amide bonds. The van der Waals surface area contributed by atoms with Crippen molar-refractivity contribution in [3.05, 3.63) is 71.2 Å². The molecule has 0 bridgehead atoms. The Balaban J connectivity index is 0.00000256. The maximum absolute atomic E-state index is 13.6. The molecule has 1 heterocycles. The van der Waals surface area contributed by atoms with Crippen LogP contribution in [-0.4, -0.2) is 43.0 Å². The van der Waals surface area contributed by atoms with Crippen LogP contribution >= 0.6 is 35.3 Å². The zero-order chi connectivity index (χ0) is 20.4. The summed E-state index contributed by atoms with van der Waals surface area (Å²) in [5, 5.41) is 3.40. The smallest absolute Gasteiger partial charge is 0.260 e. The van der Waals surface area contributed by atoms with Gasteiger partial charge in [-0.3, -0.25) is 9.69 Å². The van der Waals surface area contributed by atoms with E-state index in [-0.39, 0.29) is 18.3 Å². The molecule has 0 radical (unpaired) electrons. The van der Waals surface area contributed by atoms with Gasteiger partial charge in [-0.1, -0.05) is 59.3 Å². The van der Waals surface area contributed by atoms with Gasteiger partial charge in [0.15, 0.2) is 5.13 Å². The fourth-order valence-electron chi connectivity index (χ4n) is 3.39. The van der Waals surface area contributed by atoms with Gasteiger partial charge in [0.1, 0.15) is 0 Å². The fraction of sp³-hybridized carbons (Fsp3) is 0.217. The maximum atomic E-state index is 13.6. The molecule has 0 aliphatic rings. The number of hydrogen-bond acceptors (Lipinski definition) is 4. The van der Waals surface area contributed by atoms with Crippen LogP contribution in [0.1, 0.15) is 16.8 Å². The van der Waals surface area contributed by atoms with Crippen molar-refractivity contribution in [1.29, 1.82) is 0 Å². The van der Waals surface area contributed by atoms with E-state index in [9.17, 15) is 4.79 Å². The van der Waals surface area contributed by atoms with Crippen molar-refractivity contribution in [2.24, 2.45) is 0 Å². The van der Waals surface area contributed by atoms with Crippen molar-refractivity contribution in [2.75, 3.05) is 32.1 Å². The second-order valence-corrected chi connectivity index (χ2v) is 8.69. The van der Waals surface area contributed by atoms with Gasteiger partial charge in [0, 0.05) is 17.1 Å². The topological polar surface area (TPSA) is 36.4 Å². The Kier molecular flexibility index (Phi) is 7.32. The Labute approximate surface area is 191 Å². The van der Waals surface area contributed by atoms with Gasteiger partial charge < -0.3 is 4.90 Å². The Morgan fingerprint density at radius 2 is 1.80 bits per heavy atom. The predicted molar refractivity (Wildman–Crippen MR) is 131 cm³/mol. The number of thiazole rings is 1. The minimum absolute atomic E-state index is 0. The third kappa shape index (κ3) is 4.76. The zero-order valence-electron chi connectivity index (χ0n) is 16.8. The number of nitrogens with zero attached hydrogens (tertiary/aromatic N) is 3. The third-order valence-electron chi connectivity index (χ3n) is 4.82. The van der Waals surface area contributed by atoms with Crippen molar-refractivity contribution in [3.63, 3.8) is 0 Å². The van der Waals surface area contributed by atoms with E-state index in [1.807, 2.05) is 79.7 Å². The lowest BCUT2D eigenvalue weighted by atomic mass is 10.0. The highest BCUT2D eigenvalue weighted by Crippen LogP contribution is 2.32. The van der Waals surface area contributed by atoms with E-state index in [0.717, 1.165) is 34.0 Å². The monoisotopic (exact) mass is 459 g/mol. The van der Waals surface area contributed by atoms with Gasteiger partial charge in [0.2, 0.25) is 0 Å². The molecule has 4 nitrogen and oxygen atoms in total. The zero-order valence-corrected chi connectivity index (χ0v) is 19.2. The molecule has 0 aliphatic heterocycles. The Morgan fingerprint density at radius 1 is 1.03 bits per heavy atom. The molecule has 4 rings (SSSR count). The summed E-state index contributed by atoms with van der Waals surface area (Å²) in [5.41, 5.74) is 1.56. The quantitative estimate of drug-likeness (QED) is 0.348. The minimum atomic E-state index is -0.0225. The SMILES string of the molecule is CN(C)CCCN(C(=O)c1cccc2ccccc12)c1nc2ccc(Cl)cc2s1.Cl. The summed E-state index contributed by atoms with van der Waals surface area (Å²) < 4.78 is 0.982. The Morgan fingerprint density at radius 3 is 2.60 bits per heavy atom. The van der Waals surface area contributed by atoms with E-state index >= 15 is 0 Å². The van der Waals surface area contributed by atoms with Gasteiger partial charge in [0.25, 0.3) is 5.91 Å². The molecule has 0 spiro atoms. The number of rotatable bonds is 6. The van der Waals surface area contributed by atoms with Gasteiger partial charge in [-0.05, 0) is 62.1 Å². The summed E-state index contributed by atoms with van der Waals surface area (Å²) in [6.45, 7) is 1.50. The summed E-state index contributed by atoms with van der Waals surface area (Å²) in [5.74, 6) is -0.0225. The van der Waals surface area contributed by atoms with Crippen molar-refractivity contribution in [2.45, 2.75) is 6.42 Å². The van der Waals surface area contributed by atoms with Crippen LogP contribution in [0.15, 0.2) is 60.7 Å². The van der Waals surface area contributed by atoms with Crippen molar-refractivity contribution in [3.8, 4) is 0 Å². The van der Waals surface area contributed by atoms with Crippen LogP contribution in [0.5, 0.6) is 0 Å². The first kappa shape index (κ1) is 22.5. The lowest BCUT2D eigenvalue weighted by molar-refractivity contribution is 0.0987. The first-order chi connectivity index (χ1) is 14.0. The molecule has 7 heteroatoms. The van der Waals surface area contributed by atoms with Crippen LogP contribution in [0.4, 0.5) is 5.13 Å². The number of aromatic nitrogens is 1. The van der Waals surface area contributed by atoms with Crippen LogP contribution in [0.2, 0.25) is 5.02 Å². The molecule has 156 valence electrons. The van der Waals surface area contributed by atoms with Crippen LogP contribution in [0.3, 0.4) is 0 Å². The Hall–Kier alpha value is -2.18. The number of carbonyl (C=O) groups excluding carboxylic acids is 1. The second-order valence-electron chi connectivity index (χ2n) is 7.25. The van der Waals surface area contributed by atoms with E-state index < -0.39 is 0 Å². The maximum Gasteiger partial charge on any atom is 0.260 e. The van der Waals surface area contributed by atoms with E-state index in [0.29, 0.717) is 22.3 Å². The first-order valence-corrected chi connectivity index (χ1v) is 10.7. The number of anilines is 1. The molecular weight excluding hydrogens is 437 g/mol. The van der Waals surface area contributed by atoms with Gasteiger partial charge in [-0.15, -0.1) is 12.4 Å². The standard InChI is InChI=1S/C23H22ClN3OS.ClH/c1-26(2)13-6-14-27(23-25-20-12-11-17(24)15-21(20)29-23)22(28)19-10-5-8-16-7-3-4-9-18(16)19;/h3-5,7-12,15H,6,13-14H2,1-2H3;1H. The van der Waals surface area contributed by atoms with Gasteiger partial charge in [-0.2, -0.15) is 0 Å². The average Bonchev–Trinajstić information content (AvgIpc) is 3.12. The van der Waals surface area contributed by atoms with E-state index in [2.05, 4.69) is 4.90 Å². The largest absolute Gasteiger partial charge is 0.309 e. The first-order valence-electron chi connectivity index (χ1n) is 9.53. The second kappa shape index (κ2) is 9.75. The summed E-state index contributed by atoms with van der Waals surface area (Å²) in [7, 11) is 4.08. The summed E-state index contributed by atoms with van der Waals surface area (Å²) >= 11 is 7.65. The number of halogens is 2. The highest BCUT2D eigenvalue weighted by molar-refractivity contribution is 7.22. The van der Waals surface area contributed by atoms with Crippen LogP contribution in [0, 0.1) is 0 Å². The summed E-state index contributed by atoms with van der Waals surface area (Å²) in [4.78, 5) is 22.3. The molecule has 0 aliphatic carbocycles. The van der Waals surface area contributed by atoms with E-state index in [1.165, 1.54) is 11.3 Å². The summed E-state index contributed by atoms with van der Waals surface area (Å²) in [6, 6.07) is 19.5. The molecule has 30 heavy (non-hydrogen) atoms. The molecule has 3 aromatic carbocycles. The van der Waals surface area contributed by atoms with Gasteiger partial charge in [-0.25, -0.2) is 4.98 Å². The molecular formula is C23H23Cl2N3OS. The Bertz CT molecular complexity index is 1170. The molecule has 0 atom stereocenters. The number of amides is 1. The lowest BCUT2D eigenvalue weighted by Crippen LogP contribution is -2.33. The molecule has 0 saturated heterocycles. The molecule has 1 aromatic heterocycles. The number of benzene rings is 3. The number of carbonyl (C=O) groups is 1. The van der Waals surface area contributed by atoms with Gasteiger partial charge in [0.05, 0.1) is 10.2 Å². The highest BCUT2D eigenvalue weighted by atomic mass is 35.5. The fourth-order valence-corrected chi connectivity index (χ4v) is 4.65. The van der Waals surface area contributed by atoms with Crippen LogP contribution < -0.4 is 4.90 Å². The number of hydrogen-bond donors (Lipinski definition) is 0. The molecule has 0 fully saturated rings. The van der Waals surface area contributed by atoms with Gasteiger partial charge >= 0.3 is 0 Å². The number of fused-ring (bicyclic) bond motifs is 2. The highest BCUT2D eigenvalue weighted by Gasteiger charge is 2.22. The predicted octanol–water partition coefficient (Wildman–Crippen LogP) is 6.12. The average molecular weight is 460 g/mol. The molecule has 0 unspecified atom stereocenters. The molecule has 0 saturated carbocycles. The van der Waals surface area contributed by atoms with Crippen molar-refractivity contribution < 1.29 is 4.79 Å². The minimum Gasteiger partial charge on any atom is -0.309 e. The normalized spacial score (nSPS) is 11.1. The van der Waals surface area contributed by atoms with Crippen molar-refractivity contribution >= 4 is 67.4 Å². The van der Waals surface area contributed by atoms with E-state index in [4.69, 9.17) is 16.6 Å². The molecule has 4 aromatic rings. The van der Waals surface area contributed by atoms with Crippen LogP contribution in [0.25, 0.3) is 21.0 Å². The van der Waals surface area contributed by atoms with Crippen molar-refractivity contribution in [1.82, 2.24) is 9.88 Å².